The summed E-state index contributed by atoms with van der Waals surface area (Å²) in [7, 11) is 0. The van der Waals surface area contributed by atoms with Gasteiger partial charge in [0, 0.05) is 5.41 Å². The van der Waals surface area contributed by atoms with Crippen LogP contribution in [0.25, 0.3) is 11.1 Å². The first-order valence-electron chi connectivity index (χ1n) is 6.60. The van der Waals surface area contributed by atoms with E-state index >= 15 is 0 Å². The fourth-order valence-corrected chi connectivity index (χ4v) is 3.36. The van der Waals surface area contributed by atoms with Crippen molar-refractivity contribution < 1.29 is 9.15 Å². The molecule has 4 rings (SSSR count). The van der Waals surface area contributed by atoms with E-state index in [2.05, 4.69) is 4.98 Å². The Morgan fingerprint density at radius 1 is 1.32 bits per heavy atom. The van der Waals surface area contributed by atoms with Crippen molar-refractivity contribution in [3.8, 4) is 0 Å². The van der Waals surface area contributed by atoms with Crippen molar-refractivity contribution in [2.45, 2.75) is 18.3 Å². The molecule has 1 aromatic carbocycles. The van der Waals surface area contributed by atoms with Crippen LogP contribution in [0.3, 0.4) is 0 Å². The molecule has 1 aliphatic heterocycles. The van der Waals surface area contributed by atoms with Gasteiger partial charge in [0.25, 0.3) is 0 Å². The molecule has 1 saturated carbocycles. The van der Waals surface area contributed by atoms with Gasteiger partial charge < -0.3 is 14.9 Å². The number of aromatic nitrogens is 1. The number of hydrogen-bond acceptors (Lipinski definition) is 4. The van der Waals surface area contributed by atoms with Crippen molar-refractivity contribution in [1.29, 1.82) is 0 Å². The van der Waals surface area contributed by atoms with E-state index in [0.717, 1.165) is 31.6 Å². The van der Waals surface area contributed by atoms with Gasteiger partial charge in [0.1, 0.15) is 0 Å². The van der Waals surface area contributed by atoms with Crippen LogP contribution in [0.4, 0.5) is 0 Å². The molecule has 19 heavy (non-hydrogen) atoms. The van der Waals surface area contributed by atoms with E-state index in [0.29, 0.717) is 12.1 Å². The van der Waals surface area contributed by atoms with Gasteiger partial charge in [-0.2, -0.15) is 0 Å². The average molecular weight is 260 g/mol. The normalized spacial score (nSPS) is 23.2. The number of ether oxygens (including phenoxy) is 1. The fourth-order valence-electron chi connectivity index (χ4n) is 3.36. The summed E-state index contributed by atoms with van der Waals surface area (Å²) in [6, 6.07) is 5.91. The Morgan fingerprint density at radius 2 is 2.11 bits per heavy atom. The van der Waals surface area contributed by atoms with Gasteiger partial charge in [-0.3, -0.25) is 4.98 Å². The zero-order valence-corrected chi connectivity index (χ0v) is 10.6. The number of H-pyrrole nitrogens is 1. The second-order valence-electron chi connectivity index (χ2n) is 5.78. The van der Waals surface area contributed by atoms with Crippen LogP contribution in [-0.2, 0) is 10.2 Å². The third kappa shape index (κ3) is 1.34. The van der Waals surface area contributed by atoms with Gasteiger partial charge in [-0.25, -0.2) is 4.79 Å². The molecular formula is C14H16N2O3. The number of benzene rings is 1. The minimum absolute atomic E-state index is 0.0180. The number of fused-ring (bicyclic) bond motifs is 1. The SMILES string of the molecule is NCC1(C2(c3ccc4oc(=O)[nH]c4c3)COC2)CC1. The van der Waals surface area contributed by atoms with Crippen LogP contribution >= 0.6 is 0 Å². The predicted molar refractivity (Wildman–Crippen MR) is 70.1 cm³/mol. The highest BCUT2D eigenvalue weighted by atomic mass is 16.5. The molecule has 0 unspecified atom stereocenters. The molecule has 2 aliphatic rings. The zero-order valence-electron chi connectivity index (χ0n) is 10.6. The van der Waals surface area contributed by atoms with E-state index in [4.69, 9.17) is 14.9 Å². The molecule has 5 heteroatoms. The molecule has 0 spiro atoms. The van der Waals surface area contributed by atoms with Crippen LogP contribution in [0.5, 0.6) is 0 Å². The molecule has 0 radical (unpaired) electrons. The van der Waals surface area contributed by atoms with Crippen molar-refractivity contribution in [2.75, 3.05) is 19.8 Å². The number of aromatic amines is 1. The zero-order chi connectivity index (χ0) is 13.1. The molecule has 1 aromatic heterocycles. The monoisotopic (exact) mass is 260 g/mol. The maximum absolute atomic E-state index is 11.2. The molecule has 2 heterocycles. The number of nitrogens with one attached hydrogen (secondary N) is 1. The van der Waals surface area contributed by atoms with Crippen LogP contribution in [0.1, 0.15) is 18.4 Å². The fraction of sp³-hybridized carbons (Fsp3) is 0.500. The third-order valence-electron chi connectivity index (χ3n) is 4.93. The van der Waals surface area contributed by atoms with Gasteiger partial charge in [-0.05, 0) is 42.5 Å². The second-order valence-corrected chi connectivity index (χ2v) is 5.78. The molecule has 0 atom stereocenters. The predicted octanol–water partition coefficient (Wildman–Crippen LogP) is 1.13. The lowest BCUT2D eigenvalue weighted by molar-refractivity contribution is -0.0972. The van der Waals surface area contributed by atoms with Crippen molar-refractivity contribution in [1.82, 2.24) is 4.98 Å². The Bertz CT molecular complexity index is 692. The van der Waals surface area contributed by atoms with Crippen LogP contribution in [0.2, 0.25) is 0 Å². The number of rotatable bonds is 3. The third-order valence-corrected chi connectivity index (χ3v) is 4.93. The van der Waals surface area contributed by atoms with E-state index < -0.39 is 5.76 Å². The molecule has 3 N–H and O–H groups in total. The molecule has 2 fully saturated rings. The van der Waals surface area contributed by atoms with Gasteiger partial charge in [0.05, 0.1) is 18.7 Å². The van der Waals surface area contributed by atoms with Gasteiger partial charge in [0.2, 0.25) is 0 Å². The smallest absolute Gasteiger partial charge is 0.408 e. The van der Waals surface area contributed by atoms with E-state index in [1.807, 2.05) is 18.2 Å². The lowest BCUT2D eigenvalue weighted by Gasteiger charge is -2.48. The Kier molecular flexibility index (Phi) is 2.07. The largest absolute Gasteiger partial charge is 0.417 e. The van der Waals surface area contributed by atoms with Gasteiger partial charge in [0.15, 0.2) is 5.58 Å². The maximum Gasteiger partial charge on any atom is 0.417 e. The Balaban J connectivity index is 1.86. The lowest BCUT2D eigenvalue weighted by Crippen LogP contribution is -2.55. The highest BCUT2D eigenvalue weighted by Gasteiger charge is 2.62. The summed E-state index contributed by atoms with van der Waals surface area (Å²) in [5.74, 6) is -0.411. The second kappa shape index (κ2) is 3.49. The van der Waals surface area contributed by atoms with Crippen molar-refractivity contribution in [2.24, 2.45) is 11.1 Å². The van der Waals surface area contributed by atoms with Gasteiger partial charge in [-0.15, -0.1) is 0 Å². The Morgan fingerprint density at radius 3 is 2.68 bits per heavy atom. The van der Waals surface area contributed by atoms with Crippen LogP contribution in [0, 0.1) is 5.41 Å². The highest BCUT2D eigenvalue weighted by molar-refractivity contribution is 5.73. The first-order valence-corrected chi connectivity index (χ1v) is 6.60. The summed E-state index contributed by atoms with van der Waals surface area (Å²) in [6.45, 7) is 2.13. The van der Waals surface area contributed by atoms with E-state index in [1.165, 1.54) is 5.56 Å². The highest BCUT2D eigenvalue weighted by Crippen LogP contribution is 2.61. The summed E-state index contributed by atoms with van der Waals surface area (Å²) in [5, 5.41) is 0. The minimum Gasteiger partial charge on any atom is -0.408 e. The molecular weight excluding hydrogens is 244 g/mol. The summed E-state index contributed by atoms with van der Waals surface area (Å²) >= 11 is 0. The molecule has 0 amide bonds. The standard InChI is InChI=1S/C14H16N2O3/c15-6-13(3-4-13)14(7-18-8-14)9-1-2-11-10(5-9)16-12(17)19-11/h1-2,5H,3-4,6-8,15H2,(H,16,17). The van der Waals surface area contributed by atoms with E-state index in [9.17, 15) is 4.79 Å². The first-order chi connectivity index (χ1) is 9.19. The average Bonchev–Trinajstić information content (AvgIpc) is 3.04. The molecule has 100 valence electrons. The Hall–Kier alpha value is -1.59. The van der Waals surface area contributed by atoms with Gasteiger partial charge >= 0.3 is 5.76 Å². The molecule has 5 nitrogen and oxygen atoms in total. The summed E-state index contributed by atoms with van der Waals surface area (Å²) in [6.07, 6.45) is 2.32. The van der Waals surface area contributed by atoms with Crippen molar-refractivity contribution in [3.63, 3.8) is 0 Å². The quantitative estimate of drug-likeness (QED) is 0.866. The van der Waals surface area contributed by atoms with Crippen LogP contribution in [0.15, 0.2) is 27.4 Å². The van der Waals surface area contributed by atoms with Gasteiger partial charge in [-0.1, -0.05) is 6.07 Å². The number of nitrogens with two attached hydrogens (primary N) is 1. The molecule has 2 aromatic rings. The maximum atomic E-state index is 11.2. The van der Waals surface area contributed by atoms with E-state index in [1.54, 1.807) is 0 Å². The molecule has 0 bridgehead atoms. The minimum atomic E-state index is -0.411. The van der Waals surface area contributed by atoms with E-state index in [-0.39, 0.29) is 10.8 Å². The molecule has 1 aliphatic carbocycles. The topological polar surface area (TPSA) is 81.2 Å². The van der Waals surface area contributed by atoms with Crippen molar-refractivity contribution in [3.05, 3.63) is 34.3 Å². The lowest BCUT2D eigenvalue weighted by atomic mass is 9.66. The van der Waals surface area contributed by atoms with Crippen molar-refractivity contribution >= 4 is 11.1 Å². The number of oxazole rings is 1. The summed E-state index contributed by atoms with van der Waals surface area (Å²) < 4.78 is 10.5. The first kappa shape index (κ1) is 11.3. The number of hydrogen-bond donors (Lipinski definition) is 2. The summed E-state index contributed by atoms with van der Waals surface area (Å²) in [4.78, 5) is 13.9. The van der Waals surface area contributed by atoms with Crippen LogP contribution < -0.4 is 11.5 Å². The Labute approximate surface area is 109 Å². The van der Waals surface area contributed by atoms with Crippen LogP contribution in [-0.4, -0.2) is 24.7 Å². The molecule has 1 saturated heterocycles. The summed E-state index contributed by atoms with van der Waals surface area (Å²) in [5.41, 5.74) is 8.74.